The Bertz CT molecular complexity index is 446. The number of hydrogen-bond donors (Lipinski definition) is 0. The van der Waals surface area contributed by atoms with E-state index >= 15 is 0 Å². The zero-order chi connectivity index (χ0) is 13.1. The largest absolute Gasteiger partial charge is 0.381 e. The highest BCUT2D eigenvalue weighted by Crippen LogP contribution is 2.34. The summed E-state index contributed by atoms with van der Waals surface area (Å²) in [5.41, 5.74) is 2.69. The highest BCUT2D eigenvalue weighted by Gasteiger charge is 2.28. The Morgan fingerprint density at radius 2 is 1.95 bits per heavy atom. The molecule has 0 aromatic heterocycles. The molecule has 1 aromatic rings. The third-order valence-corrected chi connectivity index (χ3v) is 4.59. The van der Waals surface area contributed by atoms with Crippen LogP contribution >= 0.6 is 0 Å². The molecule has 0 saturated carbocycles. The molecule has 1 aromatic carbocycles. The zero-order valence-corrected chi connectivity index (χ0v) is 11.4. The summed E-state index contributed by atoms with van der Waals surface area (Å²) in [6.45, 7) is 1.67. The lowest BCUT2D eigenvalue weighted by molar-refractivity contribution is -0.122. The van der Waals surface area contributed by atoms with Crippen LogP contribution in [-0.4, -0.2) is 19.0 Å². The summed E-state index contributed by atoms with van der Waals surface area (Å²) in [6.07, 6.45) is 6.19. The minimum Gasteiger partial charge on any atom is -0.381 e. The van der Waals surface area contributed by atoms with Crippen LogP contribution in [0.5, 0.6) is 0 Å². The molecule has 19 heavy (non-hydrogen) atoms. The van der Waals surface area contributed by atoms with Crippen LogP contribution in [-0.2, 0) is 16.0 Å². The van der Waals surface area contributed by atoms with Gasteiger partial charge in [0.15, 0.2) is 0 Å². The summed E-state index contributed by atoms with van der Waals surface area (Å²) in [5.74, 6) is 1.17. The fourth-order valence-corrected chi connectivity index (χ4v) is 3.47. The highest BCUT2D eigenvalue weighted by molar-refractivity contribution is 5.86. The minimum atomic E-state index is 0.160. The summed E-state index contributed by atoms with van der Waals surface area (Å²) in [5, 5.41) is 0. The first-order valence-electron chi connectivity index (χ1n) is 7.53. The second kappa shape index (κ2) is 5.87. The van der Waals surface area contributed by atoms with Gasteiger partial charge in [-0.3, -0.25) is 4.79 Å². The smallest absolute Gasteiger partial charge is 0.140 e. The second-order valence-corrected chi connectivity index (χ2v) is 5.87. The van der Waals surface area contributed by atoms with Crippen molar-refractivity contribution in [2.45, 2.75) is 44.4 Å². The molecule has 2 heteroatoms. The van der Waals surface area contributed by atoms with E-state index in [4.69, 9.17) is 4.74 Å². The van der Waals surface area contributed by atoms with Crippen molar-refractivity contribution in [2.75, 3.05) is 13.2 Å². The predicted octanol–water partition coefficient (Wildman–Crippen LogP) is 3.49. The van der Waals surface area contributed by atoms with Gasteiger partial charge in [0.25, 0.3) is 0 Å². The minimum absolute atomic E-state index is 0.160. The first kappa shape index (κ1) is 12.9. The van der Waals surface area contributed by atoms with Crippen LogP contribution in [0.4, 0.5) is 0 Å². The number of Topliss-reactive ketones (excluding diaryl/α,β-unsaturated/α-hetero) is 1. The van der Waals surface area contributed by atoms with E-state index in [1.54, 1.807) is 0 Å². The van der Waals surface area contributed by atoms with Crippen LogP contribution in [0.2, 0.25) is 0 Å². The number of carbonyl (C=O) groups is 1. The summed E-state index contributed by atoms with van der Waals surface area (Å²) in [7, 11) is 0. The summed E-state index contributed by atoms with van der Waals surface area (Å²) in [6, 6.07) is 8.49. The average Bonchev–Trinajstić information content (AvgIpc) is 2.47. The van der Waals surface area contributed by atoms with Crippen LogP contribution < -0.4 is 0 Å². The van der Waals surface area contributed by atoms with Gasteiger partial charge in [-0.2, -0.15) is 0 Å². The number of benzene rings is 1. The van der Waals surface area contributed by atoms with Crippen LogP contribution in [0, 0.1) is 5.92 Å². The first-order chi connectivity index (χ1) is 9.34. The van der Waals surface area contributed by atoms with Gasteiger partial charge in [0.2, 0.25) is 0 Å². The molecule has 1 aliphatic carbocycles. The maximum Gasteiger partial charge on any atom is 0.140 e. The molecular formula is C17H22O2. The molecule has 1 atom stereocenters. The molecule has 0 radical (unpaired) electrons. The zero-order valence-electron chi connectivity index (χ0n) is 11.4. The van der Waals surface area contributed by atoms with Crippen LogP contribution in [0.3, 0.4) is 0 Å². The van der Waals surface area contributed by atoms with Gasteiger partial charge < -0.3 is 4.74 Å². The Kier molecular flexibility index (Phi) is 3.97. The maximum atomic E-state index is 12.6. The van der Waals surface area contributed by atoms with Crippen LogP contribution in [0.1, 0.15) is 49.1 Å². The van der Waals surface area contributed by atoms with Gasteiger partial charge in [-0.15, -0.1) is 0 Å². The van der Waals surface area contributed by atoms with E-state index in [0.29, 0.717) is 11.7 Å². The molecular weight excluding hydrogens is 236 g/mol. The summed E-state index contributed by atoms with van der Waals surface area (Å²) in [4.78, 5) is 12.6. The van der Waals surface area contributed by atoms with Gasteiger partial charge in [0.05, 0.1) is 0 Å². The Labute approximate surface area is 115 Å². The maximum absolute atomic E-state index is 12.6. The van der Waals surface area contributed by atoms with Gasteiger partial charge in [0, 0.05) is 25.6 Å². The van der Waals surface area contributed by atoms with Gasteiger partial charge in [-0.1, -0.05) is 24.3 Å². The van der Waals surface area contributed by atoms with Crippen molar-refractivity contribution < 1.29 is 9.53 Å². The van der Waals surface area contributed by atoms with Crippen molar-refractivity contribution in [3.63, 3.8) is 0 Å². The standard InChI is InChI=1S/C17H22O2/c18-17(12-13-8-10-19-11-9-13)16-7-3-5-14-4-1-2-6-15(14)16/h1-2,4,6,13,16H,3,5,7-12H2. The molecule has 1 fully saturated rings. The molecule has 2 nitrogen and oxygen atoms in total. The Morgan fingerprint density at radius 1 is 1.16 bits per heavy atom. The number of ketones is 1. The molecule has 0 amide bonds. The molecule has 0 N–H and O–H groups in total. The van der Waals surface area contributed by atoms with Crippen molar-refractivity contribution in [3.8, 4) is 0 Å². The molecule has 1 aliphatic heterocycles. The molecule has 2 aliphatic rings. The van der Waals surface area contributed by atoms with Gasteiger partial charge >= 0.3 is 0 Å². The molecule has 1 saturated heterocycles. The second-order valence-electron chi connectivity index (χ2n) is 5.87. The summed E-state index contributed by atoms with van der Waals surface area (Å²) >= 11 is 0. The van der Waals surface area contributed by atoms with Crippen molar-refractivity contribution in [1.29, 1.82) is 0 Å². The van der Waals surface area contributed by atoms with Crippen LogP contribution in [0.15, 0.2) is 24.3 Å². The fourth-order valence-electron chi connectivity index (χ4n) is 3.47. The lowest BCUT2D eigenvalue weighted by Crippen LogP contribution is -2.24. The molecule has 1 unspecified atom stereocenters. The molecule has 1 heterocycles. The van der Waals surface area contributed by atoms with Gasteiger partial charge in [-0.25, -0.2) is 0 Å². The lowest BCUT2D eigenvalue weighted by Gasteiger charge is -2.27. The van der Waals surface area contributed by atoms with Gasteiger partial charge in [0.1, 0.15) is 5.78 Å². The first-order valence-corrected chi connectivity index (χ1v) is 7.53. The van der Waals surface area contributed by atoms with Crippen molar-refractivity contribution in [1.82, 2.24) is 0 Å². The number of ether oxygens (including phenoxy) is 1. The normalized spacial score (nSPS) is 23.9. The van der Waals surface area contributed by atoms with E-state index in [-0.39, 0.29) is 5.92 Å². The van der Waals surface area contributed by atoms with Crippen molar-refractivity contribution in [3.05, 3.63) is 35.4 Å². The van der Waals surface area contributed by atoms with Gasteiger partial charge in [-0.05, 0) is 49.1 Å². The van der Waals surface area contributed by atoms with E-state index < -0.39 is 0 Å². The van der Waals surface area contributed by atoms with E-state index in [0.717, 1.165) is 51.7 Å². The average molecular weight is 258 g/mol. The number of hydrogen-bond acceptors (Lipinski definition) is 2. The molecule has 0 spiro atoms. The quantitative estimate of drug-likeness (QED) is 0.829. The Morgan fingerprint density at radius 3 is 2.79 bits per heavy atom. The third-order valence-electron chi connectivity index (χ3n) is 4.59. The Hall–Kier alpha value is -1.15. The SMILES string of the molecule is O=C(CC1CCOCC1)C1CCCc2ccccc21. The van der Waals surface area contributed by atoms with Crippen molar-refractivity contribution in [2.24, 2.45) is 5.92 Å². The van der Waals surface area contributed by atoms with E-state index in [1.165, 1.54) is 11.1 Å². The molecule has 102 valence electrons. The molecule has 0 bridgehead atoms. The Balaban J connectivity index is 1.70. The summed E-state index contributed by atoms with van der Waals surface area (Å²) < 4.78 is 5.37. The monoisotopic (exact) mass is 258 g/mol. The predicted molar refractivity (Wildman–Crippen MR) is 75.3 cm³/mol. The van der Waals surface area contributed by atoms with Crippen LogP contribution in [0.25, 0.3) is 0 Å². The number of fused-ring (bicyclic) bond motifs is 1. The van der Waals surface area contributed by atoms with E-state index in [9.17, 15) is 4.79 Å². The number of carbonyl (C=O) groups excluding carboxylic acids is 1. The topological polar surface area (TPSA) is 26.3 Å². The van der Waals surface area contributed by atoms with Crippen molar-refractivity contribution >= 4 is 5.78 Å². The fraction of sp³-hybridized carbons (Fsp3) is 0.588. The highest BCUT2D eigenvalue weighted by atomic mass is 16.5. The number of aryl methyl sites for hydroxylation is 1. The molecule has 3 rings (SSSR count). The third kappa shape index (κ3) is 2.89. The number of rotatable bonds is 3. The van der Waals surface area contributed by atoms with E-state index in [1.807, 2.05) is 0 Å². The lowest BCUT2D eigenvalue weighted by atomic mass is 9.78. The van der Waals surface area contributed by atoms with E-state index in [2.05, 4.69) is 24.3 Å².